The Balaban J connectivity index is 1.29. The van der Waals surface area contributed by atoms with Gasteiger partial charge in [0.2, 0.25) is 5.95 Å². The van der Waals surface area contributed by atoms with Crippen LogP contribution in [0.2, 0.25) is 0 Å². The lowest BCUT2D eigenvalue weighted by Crippen LogP contribution is -2.52. The highest BCUT2D eigenvalue weighted by Gasteiger charge is 2.26. The van der Waals surface area contributed by atoms with Crippen LogP contribution in [-0.4, -0.2) is 71.8 Å². The first kappa shape index (κ1) is 20.9. The smallest absolute Gasteiger partial charge is 0.407 e. The van der Waals surface area contributed by atoms with Crippen LogP contribution >= 0.6 is 0 Å². The molecule has 1 aliphatic heterocycles. The van der Waals surface area contributed by atoms with Gasteiger partial charge in [0.15, 0.2) is 5.82 Å². The maximum absolute atomic E-state index is 11.2. The van der Waals surface area contributed by atoms with Crippen LogP contribution in [0.3, 0.4) is 0 Å². The van der Waals surface area contributed by atoms with Crippen molar-refractivity contribution in [1.29, 1.82) is 0 Å². The summed E-state index contributed by atoms with van der Waals surface area (Å²) in [6, 6.07) is 9.81. The zero-order valence-corrected chi connectivity index (χ0v) is 18.3. The standard InChI is InChI=1S/C22H24N8O3/c1-13-11-30(22(31)32)8-7-29(13)12-15-5-6-23-19(9-15)27-21-25-17-4-3-16(10-18(17)26-21)20-24-14(2)28-33-20/h3-6,9-10,13H,7-8,11-12H2,1-2H3,(H,31,32)(H2,23,25,26,27)/t13-/m1/s1. The number of carboxylic acid groups (broad SMARTS) is 1. The van der Waals surface area contributed by atoms with E-state index in [1.165, 1.54) is 4.90 Å². The van der Waals surface area contributed by atoms with Gasteiger partial charge >= 0.3 is 6.09 Å². The highest BCUT2D eigenvalue weighted by molar-refractivity contribution is 5.82. The molecule has 4 aromatic rings. The third-order valence-corrected chi connectivity index (χ3v) is 5.75. The van der Waals surface area contributed by atoms with Crippen molar-refractivity contribution < 1.29 is 14.4 Å². The fraction of sp³-hybridized carbons (Fsp3) is 0.318. The minimum absolute atomic E-state index is 0.145. The van der Waals surface area contributed by atoms with Crippen molar-refractivity contribution in [3.05, 3.63) is 47.9 Å². The minimum atomic E-state index is -0.859. The van der Waals surface area contributed by atoms with E-state index in [2.05, 4.69) is 35.3 Å². The maximum Gasteiger partial charge on any atom is 0.407 e. The van der Waals surface area contributed by atoms with E-state index >= 15 is 0 Å². The number of nitrogens with zero attached hydrogens (tertiary/aromatic N) is 6. The molecule has 0 bridgehead atoms. The number of fused-ring (bicyclic) bond motifs is 1. The predicted molar refractivity (Wildman–Crippen MR) is 121 cm³/mol. The number of anilines is 2. The molecule has 1 saturated heterocycles. The number of amides is 1. The highest BCUT2D eigenvalue weighted by atomic mass is 16.5. The Morgan fingerprint density at radius 3 is 2.91 bits per heavy atom. The lowest BCUT2D eigenvalue weighted by molar-refractivity contribution is 0.0712. The average Bonchev–Trinajstić information content (AvgIpc) is 3.40. The number of rotatable bonds is 5. The fourth-order valence-electron chi connectivity index (χ4n) is 4.02. The molecule has 1 amide bonds. The van der Waals surface area contributed by atoms with E-state index in [4.69, 9.17) is 4.52 Å². The summed E-state index contributed by atoms with van der Waals surface area (Å²) in [5.41, 5.74) is 3.55. The Morgan fingerprint density at radius 2 is 2.15 bits per heavy atom. The SMILES string of the molecule is Cc1noc(-c2ccc3nc(Nc4cc(CN5CCN(C(=O)O)C[C@H]5C)ccn4)[nH]c3c2)n1. The average molecular weight is 448 g/mol. The van der Waals surface area contributed by atoms with Crippen molar-refractivity contribution in [3.63, 3.8) is 0 Å². The minimum Gasteiger partial charge on any atom is -0.465 e. The van der Waals surface area contributed by atoms with Gasteiger partial charge in [-0.1, -0.05) is 5.16 Å². The second-order valence-corrected chi connectivity index (χ2v) is 8.19. The molecule has 11 heteroatoms. The number of aryl methyl sites for hydroxylation is 1. The number of pyridine rings is 1. The number of benzene rings is 1. The summed E-state index contributed by atoms with van der Waals surface area (Å²) in [4.78, 5) is 31.5. The van der Waals surface area contributed by atoms with Gasteiger partial charge in [0.25, 0.3) is 5.89 Å². The molecule has 1 aliphatic rings. The summed E-state index contributed by atoms with van der Waals surface area (Å²) >= 11 is 0. The second-order valence-electron chi connectivity index (χ2n) is 8.19. The van der Waals surface area contributed by atoms with Crippen LogP contribution in [0, 0.1) is 6.92 Å². The molecule has 1 fully saturated rings. The molecule has 1 aromatic carbocycles. The molecule has 0 spiro atoms. The van der Waals surface area contributed by atoms with Crippen LogP contribution < -0.4 is 5.32 Å². The molecule has 1 atom stereocenters. The van der Waals surface area contributed by atoms with Crippen LogP contribution in [-0.2, 0) is 6.54 Å². The molecule has 0 saturated carbocycles. The summed E-state index contributed by atoms with van der Waals surface area (Å²) < 4.78 is 5.25. The number of carbonyl (C=O) groups is 1. The van der Waals surface area contributed by atoms with Crippen LogP contribution in [0.4, 0.5) is 16.6 Å². The van der Waals surface area contributed by atoms with Crippen molar-refractivity contribution in [2.45, 2.75) is 26.4 Å². The Morgan fingerprint density at radius 1 is 1.27 bits per heavy atom. The molecule has 33 heavy (non-hydrogen) atoms. The summed E-state index contributed by atoms with van der Waals surface area (Å²) in [5.74, 6) is 2.31. The molecule has 0 radical (unpaired) electrons. The Bertz CT molecular complexity index is 1300. The first-order chi connectivity index (χ1) is 15.9. The zero-order valence-electron chi connectivity index (χ0n) is 18.3. The summed E-state index contributed by atoms with van der Waals surface area (Å²) in [6.45, 7) is 6.27. The Kier molecular flexibility index (Phi) is 5.38. The molecule has 170 valence electrons. The number of aromatic amines is 1. The lowest BCUT2D eigenvalue weighted by atomic mass is 10.1. The van der Waals surface area contributed by atoms with E-state index in [1.807, 2.05) is 37.3 Å². The van der Waals surface area contributed by atoms with Gasteiger partial charge in [-0.2, -0.15) is 4.98 Å². The van der Waals surface area contributed by atoms with Crippen molar-refractivity contribution in [1.82, 2.24) is 34.9 Å². The van der Waals surface area contributed by atoms with Gasteiger partial charge in [-0.25, -0.2) is 14.8 Å². The lowest BCUT2D eigenvalue weighted by Gasteiger charge is -2.38. The number of hydrogen-bond donors (Lipinski definition) is 3. The van der Waals surface area contributed by atoms with Crippen molar-refractivity contribution in [2.24, 2.45) is 0 Å². The quantitative estimate of drug-likeness (QED) is 0.420. The first-order valence-corrected chi connectivity index (χ1v) is 10.7. The Labute approximate surface area is 189 Å². The van der Waals surface area contributed by atoms with Crippen molar-refractivity contribution in [3.8, 4) is 11.5 Å². The number of piperazine rings is 1. The highest BCUT2D eigenvalue weighted by Crippen LogP contribution is 2.24. The van der Waals surface area contributed by atoms with Crippen LogP contribution in [0.15, 0.2) is 41.1 Å². The fourth-order valence-corrected chi connectivity index (χ4v) is 4.02. The van der Waals surface area contributed by atoms with E-state index in [-0.39, 0.29) is 6.04 Å². The number of nitrogens with one attached hydrogen (secondary N) is 2. The molecular weight excluding hydrogens is 424 g/mol. The van der Waals surface area contributed by atoms with Gasteiger partial charge in [-0.3, -0.25) is 4.90 Å². The molecule has 3 aromatic heterocycles. The molecule has 5 rings (SSSR count). The summed E-state index contributed by atoms with van der Waals surface area (Å²) in [6.07, 6.45) is 0.899. The number of imidazole rings is 1. The predicted octanol–water partition coefficient (Wildman–Crippen LogP) is 3.24. The topological polar surface area (TPSA) is 136 Å². The van der Waals surface area contributed by atoms with E-state index in [9.17, 15) is 9.90 Å². The van der Waals surface area contributed by atoms with Gasteiger partial charge in [0, 0.05) is 44.0 Å². The monoisotopic (exact) mass is 448 g/mol. The number of hydrogen-bond acceptors (Lipinski definition) is 8. The summed E-state index contributed by atoms with van der Waals surface area (Å²) in [7, 11) is 0. The normalized spacial score (nSPS) is 16.9. The van der Waals surface area contributed by atoms with Gasteiger partial charge in [0.05, 0.1) is 11.0 Å². The van der Waals surface area contributed by atoms with Crippen LogP contribution in [0.1, 0.15) is 18.3 Å². The second kappa shape index (κ2) is 8.51. The first-order valence-electron chi connectivity index (χ1n) is 10.7. The number of aromatic nitrogens is 5. The van der Waals surface area contributed by atoms with Gasteiger partial charge in [0.1, 0.15) is 5.82 Å². The maximum atomic E-state index is 11.2. The van der Waals surface area contributed by atoms with Gasteiger partial charge in [-0.05, 0) is 49.7 Å². The molecule has 3 N–H and O–H groups in total. The van der Waals surface area contributed by atoms with E-state index < -0.39 is 6.09 Å². The zero-order chi connectivity index (χ0) is 22.9. The van der Waals surface area contributed by atoms with E-state index in [0.29, 0.717) is 43.1 Å². The van der Waals surface area contributed by atoms with Crippen molar-refractivity contribution in [2.75, 3.05) is 25.0 Å². The van der Waals surface area contributed by atoms with Crippen LogP contribution in [0.5, 0.6) is 0 Å². The molecule has 4 heterocycles. The van der Waals surface area contributed by atoms with E-state index in [0.717, 1.165) is 28.7 Å². The largest absolute Gasteiger partial charge is 0.465 e. The Hall–Kier alpha value is -3.99. The van der Waals surface area contributed by atoms with Crippen LogP contribution in [0.25, 0.3) is 22.5 Å². The summed E-state index contributed by atoms with van der Waals surface area (Å²) in [5, 5.41) is 16.3. The van der Waals surface area contributed by atoms with Gasteiger partial charge < -0.3 is 24.8 Å². The molecule has 0 aliphatic carbocycles. The molecule has 11 nitrogen and oxygen atoms in total. The third-order valence-electron chi connectivity index (χ3n) is 5.75. The third kappa shape index (κ3) is 4.48. The van der Waals surface area contributed by atoms with Gasteiger partial charge in [-0.15, -0.1) is 0 Å². The molecule has 0 unspecified atom stereocenters. The van der Waals surface area contributed by atoms with Crippen molar-refractivity contribution >= 4 is 28.9 Å². The molecular formula is C22H24N8O3. The van der Waals surface area contributed by atoms with E-state index in [1.54, 1.807) is 13.1 Å². The number of H-pyrrole nitrogens is 1.